The molecule has 0 radical (unpaired) electrons. The number of phenolic OH excluding ortho intramolecular Hbond substituents is 1. The molecular weight excluding hydrogens is 833 g/mol. The molecule has 1 aliphatic rings. The molecule has 12 N–H and O–H groups in total. The third-order valence-corrected chi connectivity index (χ3v) is 11.4. The molecule has 4 aromatic carbocycles. The minimum atomic E-state index is -1.64. The minimum Gasteiger partial charge on any atom is -0.508 e. The van der Waals surface area contributed by atoms with E-state index in [1.165, 1.54) is 19.1 Å². The van der Waals surface area contributed by atoms with Gasteiger partial charge in [-0.3, -0.25) is 24.0 Å². The van der Waals surface area contributed by atoms with Crippen LogP contribution < -0.4 is 37.6 Å². The number of fused-ring (bicyclic) bond motifs is 1. The molecule has 1 fully saturated rings. The Kier molecular flexibility index (Phi) is 16.4. The van der Waals surface area contributed by atoms with E-state index in [0.717, 1.165) is 22.9 Å². The summed E-state index contributed by atoms with van der Waals surface area (Å²) in [6.45, 7) is 2.17. The van der Waals surface area contributed by atoms with Crippen molar-refractivity contribution in [2.75, 3.05) is 6.54 Å². The zero-order valence-electron chi connectivity index (χ0n) is 36.0. The van der Waals surface area contributed by atoms with Gasteiger partial charge in [0.15, 0.2) is 0 Å². The Morgan fingerprint density at radius 1 is 0.646 bits per heavy atom. The number of nitrogens with one attached hydrogen (secondary N) is 7. The van der Waals surface area contributed by atoms with Crippen molar-refractivity contribution in [3.63, 3.8) is 0 Å². The number of carboxylic acid groups (broad SMARTS) is 1. The first kappa shape index (κ1) is 47.4. The van der Waals surface area contributed by atoms with Crippen LogP contribution in [0.1, 0.15) is 47.6 Å². The molecule has 2 heterocycles. The van der Waals surface area contributed by atoms with E-state index in [1.54, 1.807) is 72.9 Å². The highest BCUT2D eigenvalue weighted by atomic mass is 16.4. The lowest BCUT2D eigenvalue weighted by atomic mass is 9.99. The topological polar surface area (TPSA) is 277 Å². The predicted octanol–water partition coefficient (Wildman–Crippen LogP) is 1.24. The molecule has 6 rings (SSSR count). The maximum absolute atomic E-state index is 14.7. The lowest BCUT2D eigenvalue weighted by Crippen LogP contribution is -2.61. The Hall–Kier alpha value is -7.08. The zero-order valence-corrected chi connectivity index (χ0v) is 36.0. The lowest BCUT2D eigenvalue weighted by Gasteiger charge is -2.28. The summed E-state index contributed by atoms with van der Waals surface area (Å²) in [6, 6.07) is 21.8. The number of carbonyl (C=O) groups excluding carboxylic acids is 5. The second-order valence-corrected chi connectivity index (χ2v) is 16.3. The van der Waals surface area contributed by atoms with Crippen molar-refractivity contribution in [1.29, 1.82) is 0 Å². The number of aromatic hydroxyl groups is 1. The van der Waals surface area contributed by atoms with Gasteiger partial charge < -0.3 is 57.9 Å². The SMILES string of the molecule is C[C@@H](O)[C@H](NC(=O)[C@H](Cc1ccc(CN)cc1)NC(=O)[C@@H](Cc1c[nH]c2ccccc12)NC(=O)[C@H](Cc1ccc(O)cc1)NC(=O)[C@@H]1CCCN1)C(=O)N[C@@H](Cc1ccccc1)C(=O)O. The monoisotopic (exact) mass is 888 g/mol. The number of aliphatic carboxylic acids is 1. The second-order valence-electron chi connectivity index (χ2n) is 16.3. The van der Waals surface area contributed by atoms with Gasteiger partial charge >= 0.3 is 5.97 Å². The summed E-state index contributed by atoms with van der Waals surface area (Å²) < 4.78 is 0. The van der Waals surface area contributed by atoms with E-state index in [0.29, 0.717) is 35.2 Å². The highest BCUT2D eigenvalue weighted by molar-refractivity contribution is 5.97. The number of aliphatic hydroxyl groups is 1. The number of amides is 5. The van der Waals surface area contributed by atoms with Gasteiger partial charge in [-0.05, 0) is 72.3 Å². The number of phenols is 1. The van der Waals surface area contributed by atoms with Gasteiger partial charge in [-0.25, -0.2) is 4.79 Å². The van der Waals surface area contributed by atoms with Crippen LogP contribution in [-0.2, 0) is 61.0 Å². The Morgan fingerprint density at radius 3 is 1.77 bits per heavy atom. The highest BCUT2D eigenvalue weighted by Crippen LogP contribution is 2.20. The Labute approximate surface area is 376 Å². The van der Waals surface area contributed by atoms with Gasteiger partial charge in [-0.15, -0.1) is 0 Å². The second kappa shape index (κ2) is 22.5. The number of carbonyl (C=O) groups is 6. The van der Waals surface area contributed by atoms with Gasteiger partial charge in [0.2, 0.25) is 29.5 Å². The van der Waals surface area contributed by atoms with Crippen molar-refractivity contribution in [2.45, 2.75) is 94.3 Å². The number of rotatable bonds is 21. The molecule has 5 amide bonds. The van der Waals surface area contributed by atoms with Gasteiger partial charge in [0.1, 0.15) is 36.0 Å². The highest BCUT2D eigenvalue weighted by Gasteiger charge is 2.35. The molecule has 5 aromatic rings. The summed E-state index contributed by atoms with van der Waals surface area (Å²) in [6.07, 6.45) is 1.37. The summed E-state index contributed by atoms with van der Waals surface area (Å²) in [5.41, 5.74) is 9.95. The number of hydrogen-bond donors (Lipinski definition) is 11. The summed E-state index contributed by atoms with van der Waals surface area (Å²) in [5, 5.41) is 48.0. The molecular formula is C48H56N8O9. The van der Waals surface area contributed by atoms with Crippen LogP contribution in [0.2, 0.25) is 0 Å². The van der Waals surface area contributed by atoms with E-state index in [-0.39, 0.29) is 43.9 Å². The maximum atomic E-state index is 14.7. The van der Waals surface area contributed by atoms with Crippen molar-refractivity contribution in [1.82, 2.24) is 36.9 Å². The van der Waals surface area contributed by atoms with Crippen LogP contribution in [0.25, 0.3) is 10.9 Å². The number of benzene rings is 4. The van der Waals surface area contributed by atoms with Crippen molar-refractivity contribution in [3.8, 4) is 5.75 Å². The Morgan fingerprint density at radius 2 is 1.17 bits per heavy atom. The number of nitrogens with two attached hydrogens (primary N) is 1. The molecule has 17 nitrogen and oxygen atoms in total. The number of aliphatic hydroxyl groups excluding tert-OH is 1. The summed E-state index contributed by atoms with van der Waals surface area (Å²) in [4.78, 5) is 85.9. The Balaban J connectivity index is 1.28. The number of H-pyrrole nitrogens is 1. The van der Waals surface area contributed by atoms with E-state index in [9.17, 15) is 44.1 Å². The summed E-state index contributed by atoms with van der Waals surface area (Å²) in [5.74, 6) is -5.00. The van der Waals surface area contributed by atoms with Crippen molar-refractivity contribution in [3.05, 3.63) is 137 Å². The van der Waals surface area contributed by atoms with E-state index in [4.69, 9.17) is 5.73 Å². The first-order valence-corrected chi connectivity index (χ1v) is 21.6. The van der Waals surface area contributed by atoms with Gasteiger partial charge in [0.25, 0.3) is 0 Å². The molecule has 0 saturated carbocycles. The van der Waals surface area contributed by atoms with Crippen LogP contribution in [0.4, 0.5) is 0 Å². The molecule has 1 saturated heterocycles. The van der Waals surface area contributed by atoms with Crippen LogP contribution in [-0.4, -0.2) is 105 Å². The zero-order chi connectivity index (χ0) is 46.5. The standard InChI is InChI=1S/C48H56N8O9/c1-28(57)42(47(63)55-41(48(64)65)24-29-8-3-2-4-9-29)56-46(62)39(22-30-13-15-32(26-49)16-14-30)53-45(61)40(25-33-27-51-36-11-6-5-10-35(33)36)54-44(60)38(23-31-17-19-34(58)20-18-31)52-43(59)37-12-7-21-50-37/h2-6,8-11,13-20,27-28,37-42,50-51,57-58H,7,12,21-26,49H2,1H3,(H,52,59)(H,53,61)(H,54,60)(H,55,63)(H,56,62)(H,64,65)/t28-,37+,38+,39+,40-,41+,42+/m1/s1. The number of aromatic nitrogens is 1. The quantitative estimate of drug-likeness (QED) is 0.0499. The van der Waals surface area contributed by atoms with Gasteiger partial charge in [-0.2, -0.15) is 0 Å². The molecule has 0 spiro atoms. The molecule has 1 aromatic heterocycles. The molecule has 7 atom stereocenters. The molecule has 0 aliphatic carbocycles. The fourth-order valence-electron chi connectivity index (χ4n) is 7.76. The first-order chi connectivity index (χ1) is 31.3. The van der Waals surface area contributed by atoms with Crippen LogP contribution in [0, 0.1) is 0 Å². The molecule has 0 unspecified atom stereocenters. The van der Waals surface area contributed by atoms with Crippen molar-refractivity contribution in [2.24, 2.45) is 5.73 Å². The van der Waals surface area contributed by atoms with E-state index >= 15 is 0 Å². The molecule has 1 aliphatic heterocycles. The maximum Gasteiger partial charge on any atom is 0.326 e. The average molecular weight is 889 g/mol. The third-order valence-electron chi connectivity index (χ3n) is 11.4. The number of carboxylic acids is 1. The van der Waals surface area contributed by atoms with Crippen LogP contribution >= 0.6 is 0 Å². The van der Waals surface area contributed by atoms with Gasteiger partial charge in [-0.1, -0.05) is 84.9 Å². The summed E-state index contributed by atoms with van der Waals surface area (Å²) in [7, 11) is 0. The normalized spacial score (nSPS) is 16.3. The predicted molar refractivity (Wildman–Crippen MR) is 242 cm³/mol. The molecule has 0 bridgehead atoms. The van der Waals surface area contributed by atoms with E-state index in [1.807, 2.05) is 24.3 Å². The summed E-state index contributed by atoms with van der Waals surface area (Å²) >= 11 is 0. The molecule has 65 heavy (non-hydrogen) atoms. The number of aromatic amines is 1. The first-order valence-electron chi connectivity index (χ1n) is 21.6. The fourth-order valence-corrected chi connectivity index (χ4v) is 7.76. The van der Waals surface area contributed by atoms with Crippen LogP contribution in [0.3, 0.4) is 0 Å². The molecule has 17 heteroatoms. The van der Waals surface area contributed by atoms with Gasteiger partial charge in [0, 0.05) is 49.3 Å². The van der Waals surface area contributed by atoms with Gasteiger partial charge in [0.05, 0.1) is 12.1 Å². The Bertz CT molecular complexity index is 2420. The van der Waals surface area contributed by atoms with Crippen molar-refractivity contribution < 1.29 is 44.1 Å². The van der Waals surface area contributed by atoms with Crippen LogP contribution in [0.15, 0.2) is 109 Å². The van der Waals surface area contributed by atoms with E-state index < -0.39 is 72.0 Å². The lowest BCUT2D eigenvalue weighted by molar-refractivity contribution is -0.143. The fraction of sp³-hybridized carbons (Fsp3) is 0.333. The molecule has 342 valence electrons. The number of hydrogen-bond acceptors (Lipinski definition) is 10. The largest absolute Gasteiger partial charge is 0.508 e. The van der Waals surface area contributed by atoms with E-state index in [2.05, 4.69) is 36.9 Å². The number of para-hydroxylation sites is 1. The van der Waals surface area contributed by atoms with Crippen LogP contribution in [0.5, 0.6) is 5.75 Å². The third kappa shape index (κ3) is 13.2. The smallest absolute Gasteiger partial charge is 0.326 e. The van der Waals surface area contributed by atoms with Crippen molar-refractivity contribution >= 4 is 46.4 Å². The minimum absolute atomic E-state index is 0.0197. The average Bonchev–Trinajstić information content (AvgIpc) is 3.99.